The molecule has 0 aliphatic rings. The first-order chi connectivity index (χ1) is 13.3. The van der Waals surface area contributed by atoms with Crippen molar-refractivity contribution in [2.75, 3.05) is 26.1 Å². The highest BCUT2D eigenvalue weighted by Crippen LogP contribution is 2.20. The zero-order valence-electron chi connectivity index (χ0n) is 15.6. The Morgan fingerprint density at radius 3 is 2.04 bits per heavy atom. The summed E-state index contributed by atoms with van der Waals surface area (Å²) in [5.41, 5.74) is 0.856. The highest BCUT2D eigenvalue weighted by Gasteiger charge is 2.17. The number of rotatable bonds is 7. The number of benzene rings is 2. The van der Waals surface area contributed by atoms with Crippen LogP contribution in [0.1, 0.15) is 38.0 Å². The van der Waals surface area contributed by atoms with Crippen molar-refractivity contribution < 1.29 is 33.4 Å². The number of carbonyl (C=O) groups excluding carboxylic acids is 4. The Kier molecular flexibility index (Phi) is 6.86. The minimum atomic E-state index is -0.674. The van der Waals surface area contributed by atoms with E-state index in [2.05, 4.69) is 14.8 Å². The summed E-state index contributed by atoms with van der Waals surface area (Å²) in [4.78, 5) is 47.0. The molecule has 0 heterocycles. The minimum absolute atomic E-state index is 0.0781. The molecule has 0 saturated heterocycles. The first kappa shape index (κ1) is 20.6. The Morgan fingerprint density at radius 1 is 0.857 bits per heavy atom. The first-order valence-electron chi connectivity index (χ1n) is 8.20. The van der Waals surface area contributed by atoms with Crippen LogP contribution in [0.2, 0.25) is 0 Å². The highest BCUT2D eigenvalue weighted by atomic mass is 16.5. The molecule has 0 atom stereocenters. The van der Waals surface area contributed by atoms with E-state index in [4.69, 9.17) is 4.74 Å². The summed E-state index contributed by atoms with van der Waals surface area (Å²) >= 11 is 0. The third kappa shape index (κ3) is 5.16. The van der Waals surface area contributed by atoms with Crippen molar-refractivity contribution in [3.63, 3.8) is 0 Å². The van der Waals surface area contributed by atoms with Crippen LogP contribution in [0.15, 0.2) is 42.5 Å². The first-order valence-corrected chi connectivity index (χ1v) is 8.20. The smallest absolute Gasteiger partial charge is 0.339 e. The molecule has 0 bridgehead atoms. The van der Waals surface area contributed by atoms with Gasteiger partial charge in [0.2, 0.25) is 0 Å². The zero-order chi connectivity index (χ0) is 20.7. The predicted molar refractivity (Wildman–Crippen MR) is 99.7 cm³/mol. The second-order valence-electron chi connectivity index (χ2n) is 5.66. The van der Waals surface area contributed by atoms with Crippen LogP contribution >= 0.6 is 0 Å². The van der Waals surface area contributed by atoms with Gasteiger partial charge in [0, 0.05) is 5.56 Å². The van der Waals surface area contributed by atoms with Gasteiger partial charge in [0.25, 0.3) is 5.91 Å². The molecule has 8 heteroatoms. The molecule has 0 spiro atoms. The van der Waals surface area contributed by atoms with Crippen molar-refractivity contribution in [3.8, 4) is 5.75 Å². The van der Waals surface area contributed by atoms with E-state index in [9.17, 15) is 19.2 Å². The van der Waals surface area contributed by atoms with Crippen LogP contribution in [0.5, 0.6) is 5.75 Å². The van der Waals surface area contributed by atoms with E-state index >= 15 is 0 Å². The van der Waals surface area contributed by atoms with Crippen molar-refractivity contribution in [1.29, 1.82) is 0 Å². The molecule has 0 aliphatic carbocycles. The molecule has 2 rings (SSSR count). The van der Waals surface area contributed by atoms with E-state index in [1.54, 1.807) is 24.3 Å². The van der Waals surface area contributed by atoms with Gasteiger partial charge in [0.15, 0.2) is 12.4 Å². The molecule has 0 unspecified atom stereocenters. The Bertz CT molecular complexity index is 903. The lowest BCUT2D eigenvalue weighted by atomic mass is 10.1. The summed E-state index contributed by atoms with van der Waals surface area (Å²) in [7, 11) is 2.43. The number of methoxy groups -OCH3 is 2. The quantitative estimate of drug-likeness (QED) is 0.576. The number of Topliss-reactive ketones (excluding diaryl/α,β-unsaturated/α-hetero) is 1. The number of nitrogens with one attached hydrogen (secondary N) is 1. The summed E-state index contributed by atoms with van der Waals surface area (Å²) in [5.74, 6) is -1.52. The number of ketones is 1. The molecule has 0 fully saturated rings. The Balaban J connectivity index is 2.11. The van der Waals surface area contributed by atoms with Crippen LogP contribution < -0.4 is 10.1 Å². The normalized spacial score (nSPS) is 9.96. The van der Waals surface area contributed by atoms with Gasteiger partial charge in [-0.2, -0.15) is 0 Å². The molecule has 0 radical (unpaired) electrons. The highest BCUT2D eigenvalue weighted by molar-refractivity contribution is 6.03. The van der Waals surface area contributed by atoms with Crippen LogP contribution in [-0.2, 0) is 14.3 Å². The van der Waals surface area contributed by atoms with E-state index < -0.39 is 17.8 Å². The molecule has 0 saturated carbocycles. The molecule has 146 valence electrons. The minimum Gasteiger partial charge on any atom is -0.484 e. The van der Waals surface area contributed by atoms with E-state index in [1.165, 1.54) is 39.3 Å². The summed E-state index contributed by atoms with van der Waals surface area (Å²) in [6.45, 7) is 1.10. The van der Waals surface area contributed by atoms with Gasteiger partial charge in [-0.05, 0) is 49.4 Å². The molecular weight excluding hydrogens is 366 g/mol. The fraction of sp³-hybridized carbons (Fsp3) is 0.200. The number of hydrogen-bond acceptors (Lipinski definition) is 7. The van der Waals surface area contributed by atoms with Crippen molar-refractivity contribution in [3.05, 3.63) is 59.2 Å². The van der Waals surface area contributed by atoms with Crippen molar-refractivity contribution >= 4 is 29.3 Å². The van der Waals surface area contributed by atoms with Gasteiger partial charge in [0.05, 0.1) is 31.0 Å². The second-order valence-corrected chi connectivity index (χ2v) is 5.66. The zero-order valence-corrected chi connectivity index (χ0v) is 15.6. The maximum Gasteiger partial charge on any atom is 0.339 e. The second kappa shape index (κ2) is 9.31. The van der Waals surface area contributed by atoms with Crippen LogP contribution in [0.4, 0.5) is 5.69 Å². The number of ether oxygens (including phenoxy) is 3. The number of amides is 1. The Hall–Kier alpha value is -3.68. The predicted octanol–water partition coefficient (Wildman–Crippen LogP) is 2.48. The van der Waals surface area contributed by atoms with Crippen LogP contribution in [0.3, 0.4) is 0 Å². The summed E-state index contributed by atoms with van der Waals surface area (Å²) in [5, 5.41) is 2.52. The lowest BCUT2D eigenvalue weighted by Crippen LogP contribution is -2.22. The SMILES string of the molecule is COC(=O)c1ccc(C(=O)OC)c(NC(=O)COc2ccc(C(C)=O)cc2)c1. The third-order valence-electron chi connectivity index (χ3n) is 3.75. The lowest BCUT2D eigenvalue weighted by Gasteiger charge is -2.12. The third-order valence-corrected chi connectivity index (χ3v) is 3.75. The molecule has 0 aliphatic heterocycles. The summed E-state index contributed by atoms with van der Waals surface area (Å²) < 4.78 is 14.7. The number of anilines is 1. The molecule has 1 amide bonds. The van der Waals surface area contributed by atoms with Gasteiger partial charge in [-0.25, -0.2) is 9.59 Å². The van der Waals surface area contributed by atoms with E-state index in [0.717, 1.165) is 0 Å². The summed E-state index contributed by atoms with van der Waals surface area (Å²) in [6, 6.07) is 10.4. The molecule has 1 N–H and O–H groups in total. The maximum absolute atomic E-state index is 12.2. The van der Waals surface area contributed by atoms with Gasteiger partial charge in [-0.1, -0.05) is 0 Å². The molecule has 8 nitrogen and oxygen atoms in total. The van der Waals surface area contributed by atoms with Crippen LogP contribution in [0, 0.1) is 0 Å². The van der Waals surface area contributed by atoms with Gasteiger partial charge >= 0.3 is 11.9 Å². The number of esters is 2. The molecule has 2 aromatic rings. The lowest BCUT2D eigenvalue weighted by molar-refractivity contribution is -0.118. The van der Waals surface area contributed by atoms with Gasteiger partial charge in [0.1, 0.15) is 5.75 Å². The largest absolute Gasteiger partial charge is 0.484 e. The van der Waals surface area contributed by atoms with Crippen LogP contribution in [-0.4, -0.2) is 44.5 Å². The molecule has 2 aromatic carbocycles. The average Bonchev–Trinajstić information content (AvgIpc) is 2.71. The monoisotopic (exact) mass is 385 g/mol. The molecular formula is C20H19NO7. The standard InChI is InChI=1S/C20H19NO7/c1-12(22)13-4-7-15(8-5-13)28-11-18(23)21-17-10-14(19(24)26-2)6-9-16(17)20(25)27-3/h4-10H,11H2,1-3H3,(H,21,23). The number of hydrogen-bond donors (Lipinski definition) is 1. The van der Waals surface area contributed by atoms with Gasteiger partial charge in [-0.15, -0.1) is 0 Å². The average molecular weight is 385 g/mol. The fourth-order valence-corrected chi connectivity index (χ4v) is 2.30. The van der Waals surface area contributed by atoms with Crippen LogP contribution in [0.25, 0.3) is 0 Å². The van der Waals surface area contributed by atoms with E-state index in [1.807, 2.05) is 0 Å². The molecule has 28 heavy (non-hydrogen) atoms. The number of carbonyl (C=O) groups is 4. The van der Waals surface area contributed by atoms with E-state index in [-0.39, 0.29) is 29.2 Å². The van der Waals surface area contributed by atoms with Gasteiger partial charge < -0.3 is 19.5 Å². The maximum atomic E-state index is 12.2. The van der Waals surface area contributed by atoms with Crippen molar-refractivity contribution in [1.82, 2.24) is 0 Å². The van der Waals surface area contributed by atoms with Gasteiger partial charge in [-0.3, -0.25) is 9.59 Å². The topological polar surface area (TPSA) is 108 Å². The fourth-order valence-electron chi connectivity index (χ4n) is 2.30. The molecule has 0 aromatic heterocycles. The van der Waals surface area contributed by atoms with E-state index in [0.29, 0.717) is 11.3 Å². The van der Waals surface area contributed by atoms with Crippen molar-refractivity contribution in [2.45, 2.75) is 6.92 Å². The van der Waals surface area contributed by atoms with Crippen molar-refractivity contribution in [2.24, 2.45) is 0 Å². The summed E-state index contributed by atoms with van der Waals surface area (Å²) in [6.07, 6.45) is 0. The Morgan fingerprint density at radius 2 is 1.46 bits per heavy atom. The Labute approximate surface area is 161 Å².